The average molecular weight is 489 g/mol. The average Bonchev–Trinajstić information content (AvgIpc) is 3.39. The van der Waals surface area contributed by atoms with E-state index >= 15 is 0 Å². The molecule has 2 amide bonds. The number of benzene rings is 3. The van der Waals surface area contributed by atoms with Crippen molar-refractivity contribution >= 4 is 28.8 Å². The zero-order valence-corrected chi connectivity index (χ0v) is 20.0. The summed E-state index contributed by atoms with van der Waals surface area (Å²) in [7, 11) is 1.56. The number of nitrogens with one attached hydrogen (secondary N) is 1. The third-order valence-corrected chi connectivity index (χ3v) is 6.38. The molecule has 1 aromatic heterocycles. The van der Waals surface area contributed by atoms with Gasteiger partial charge >= 0.3 is 0 Å². The number of anilines is 1. The van der Waals surface area contributed by atoms with Crippen LogP contribution in [0.4, 0.5) is 10.1 Å². The number of ether oxygens (including phenoxy) is 1. The Kier molecular flexibility index (Phi) is 7.90. The van der Waals surface area contributed by atoms with Crippen LogP contribution in [-0.2, 0) is 22.6 Å². The molecule has 1 atom stereocenters. The third kappa shape index (κ3) is 6.13. The zero-order valence-electron chi connectivity index (χ0n) is 19.2. The van der Waals surface area contributed by atoms with Gasteiger partial charge in [-0.2, -0.15) is 0 Å². The minimum absolute atomic E-state index is 0.0901. The van der Waals surface area contributed by atoms with E-state index in [1.165, 1.54) is 34.4 Å². The minimum atomic E-state index is -1.01. The molecule has 1 N–H and O–H groups in total. The van der Waals surface area contributed by atoms with Crippen molar-refractivity contribution < 1.29 is 18.7 Å². The van der Waals surface area contributed by atoms with Crippen LogP contribution in [0.1, 0.15) is 22.0 Å². The molecule has 0 fully saturated rings. The fourth-order valence-corrected chi connectivity index (χ4v) is 4.49. The molecule has 0 spiro atoms. The van der Waals surface area contributed by atoms with Gasteiger partial charge in [-0.05, 0) is 52.9 Å². The Morgan fingerprint density at radius 3 is 2.40 bits per heavy atom. The fourth-order valence-electron chi connectivity index (χ4n) is 3.80. The van der Waals surface area contributed by atoms with Crippen molar-refractivity contribution in [3.8, 4) is 5.75 Å². The third-order valence-electron chi connectivity index (χ3n) is 5.51. The number of halogens is 1. The number of carbonyl (C=O) groups is 2. The fraction of sp³-hybridized carbons (Fsp3) is 0.143. The maximum absolute atomic E-state index is 14.3. The lowest BCUT2D eigenvalue weighted by atomic mass is 10.0. The SMILES string of the molecule is COc1ccc([C@H](C(=O)NCc2ccccc2)N(C(=O)Cc2cccs2)c2cccc(F)c2)cc1. The van der Waals surface area contributed by atoms with Crippen molar-refractivity contribution in [2.24, 2.45) is 0 Å². The van der Waals surface area contributed by atoms with Gasteiger partial charge in [0.15, 0.2) is 0 Å². The van der Waals surface area contributed by atoms with Crippen molar-refractivity contribution in [3.05, 3.63) is 118 Å². The summed E-state index contributed by atoms with van der Waals surface area (Å²) in [6.45, 7) is 0.294. The zero-order chi connectivity index (χ0) is 24.6. The number of thiophene rings is 1. The van der Waals surface area contributed by atoms with E-state index in [4.69, 9.17) is 4.74 Å². The lowest BCUT2D eigenvalue weighted by Gasteiger charge is -2.31. The Hall–Kier alpha value is -3.97. The molecular weight excluding hydrogens is 463 g/mol. The molecule has 4 aromatic rings. The van der Waals surface area contributed by atoms with Crippen LogP contribution in [0.5, 0.6) is 5.75 Å². The highest BCUT2D eigenvalue weighted by atomic mass is 32.1. The number of nitrogens with zero attached hydrogens (tertiary/aromatic N) is 1. The summed E-state index contributed by atoms with van der Waals surface area (Å²) < 4.78 is 19.5. The molecule has 0 aliphatic rings. The summed E-state index contributed by atoms with van der Waals surface area (Å²) in [5.41, 5.74) is 1.82. The normalized spacial score (nSPS) is 11.5. The molecule has 0 saturated heterocycles. The van der Waals surface area contributed by atoms with Crippen molar-refractivity contribution in [1.29, 1.82) is 0 Å². The number of methoxy groups -OCH3 is 1. The van der Waals surface area contributed by atoms with E-state index in [0.29, 0.717) is 23.5 Å². The Bertz CT molecular complexity index is 1260. The molecule has 0 radical (unpaired) electrons. The Labute approximate surface area is 207 Å². The molecule has 3 aromatic carbocycles. The highest BCUT2D eigenvalue weighted by Gasteiger charge is 2.33. The van der Waals surface area contributed by atoms with Gasteiger partial charge in [-0.25, -0.2) is 4.39 Å². The number of rotatable bonds is 9. The van der Waals surface area contributed by atoms with Gasteiger partial charge in [0.1, 0.15) is 17.6 Å². The van der Waals surface area contributed by atoms with Crippen LogP contribution in [0.25, 0.3) is 0 Å². The molecule has 178 valence electrons. The molecule has 5 nitrogen and oxygen atoms in total. The van der Waals surface area contributed by atoms with Crippen LogP contribution in [0.15, 0.2) is 96.4 Å². The van der Waals surface area contributed by atoms with Crippen LogP contribution in [0, 0.1) is 5.82 Å². The Morgan fingerprint density at radius 1 is 0.971 bits per heavy atom. The summed E-state index contributed by atoms with van der Waals surface area (Å²) in [5.74, 6) is -0.550. The van der Waals surface area contributed by atoms with Gasteiger partial charge in [-0.1, -0.05) is 54.6 Å². The smallest absolute Gasteiger partial charge is 0.248 e. The summed E-state index contributed by atoms with van der Waals surface area (Å²) in [5, 5.41) is 4.84. The van der Waals surface area contributed by atoms with Gasteiger partial charge in [0.2, 0.25) is 11.8 Å². The van der Waals surface area contributed by atoms with E-state index in [1.54, 1.807) is 37.4 Å². The molecule has 0 aliphatic carbocycles. The standard InChI is InChI=1S/C28H25FN2O3S/c1-34-24-14-12-21(13-15-24)27(28(33)30-19-20-7-3-2-4-8-20)31(23-10-5-9-22(29)17-23)26(32)18-25-11-6-16-35-25/h2-17,27H,18-19H2,1H3,(H,30,33)/t27-/m1/s1. The van der Waals surface area contributed by atoms with E-state index in [2.05, 4.69) is 5.32 Å². The number of amides is 2. The lowest BCUT2D eigenvalue weighted by Crippen LogP contribution is -2.44. The van der Waals surface area contributed by atoms with Crippen LogP contribution in [-0.4, -0.2) is 18.9 Å². The Balaban J connectivity index is 1.74. The monoisotopic (exact) mass is 488 g/mol. The van der Waals surface area contributed by atoms with Gasteiger partial charge < -0.3 is 10.1 Å². The minimum Gasteiger partial charge on any atom is -0.497 e. The van der Waals surface area contributed by atoms with Gasteiger partial charge in [0.25, 0.3) is 0 Å². The summed E-state index contributed by atoms with van der Waals surface area (Å²) >= 11 is 1.46. The quantitative estimate of drug-likeness (QED) is 0.337. The second-order valence-electron chi connectivity index (χ2n) is 7.88. The van der Waals surface area contributed by atoms with Gasteiger partial charge in [0, 0.05) is 17.1 Å². The second kappa shape index (κ2) is 11.4. The van der Waals surface area contributed by atoms with Gasteiger partial charge in [-0.15, -0.1) is 11.3 Å². The van der Waals surface area contributed by atoms with Gasteiger partial charge in [0.05, 0.1) is 13.5 Å². The molecule has 0 bridgehead atoms. The molecule has 4 rings (SSSR count). The predicted molar refractivity (Wildman–Crippen MR) is 136 cm³/mol. The molecule has 7 heteroatoms. The molecule has 1 heterocycles. The van der Waals surface area contributed by atoms with Crippen LogP contribution >= 0.6 is 11.3 Å². The first-order valence-corrected chi connectivity index (χ1v) is 12.0. The highest BCUT2D eigenvalue weighted by molar-refractivity contribution is 7.10. The maximum atomic E-state index is 14.3. The van der Waals surface area contributed by atoms with E-state index in [1.807, 2.05) is 47.8 Å². The van der Waals surface area contributed by atoms with Crippen molar-refractivity contribution in [2.45, 2.75) is 19.0 Å². The largest absolute Gasteiger partial charge is 0.497 e. The maximum Gasteiger partial charge on any atom is 0.248 e. The number of hydrogen-bond donors (Lipinski definition) is 1. The number of carbonyl (C=O) groups excluding carboxylic acids is 2. The summed E-state index contributed by atoms with van der Waals surface area (Å²) in [4.78, 5) is 29.5. The lowest BCUT2D eigenvalue weighted by molar-refractivity contribution is -0.126. The van der Waals surface area contributed by atoms with Crippen LogP contribution < -0.4 is 15.0 Å². The summed E-state index contributed by atoms with van der Waals surface area (Å²) in [6, 6.07) is 24.9. The molecule has 0 saturated carbocycles. The predicted octanol–water partition coefficient (Wildman–Crippen LogP) is 5.53. The highest BCUT2D eigenvalue weighted by Crippen LogP contribution is 2.31. The number of hydrogen-bond acceptors (Lipinski definition) is 4. The topological polar surface area (TPSA) is 58.6 Å². The first-order chi connectivity index (χ1) is 17.0. The first-order valence-electron chi connectivity index (χ1n) is 11.1. The molecule has 35 heavy (non-hydrogen) atoms. The second-order valence-corrected chi connectivity index (χ2v) is 8.91. The van der Waals surface area contributed by atoms with E-state index in [-0.39, 0.29) is 18.2 Å². The first kappa shape index (κ1) is 24.2. The Morgan fingerprint density at radius 2 is 1.74 bits per heavy atom. The van der Waals surface area contributed by atoms with Crippen molar-refractivity contribution in [3.63, 3.8) is 0 Å². The molecule has 0 aliphatic heterocycles. The van der Waals surface area contributed by atoms with Crippen LogP contribution in [0.2, 0.25) is 0 Å². The summed E-state index contributed by atoms with van der Waals surface area (Å²) in [6.07, 6.45) is 0.0901. The van der Waals surface area contributed by atoms with E-state index < -0.39 is 11.9 Å². The van der Waals surface area contributed by atoms with E-state index in [0.717, 1.165) is 10.4 Å². The van der Waals surface area contributed by atoms with E-state index in [9.17, 15) is 14.0 Å². The van der Waals surface area contributed by atoms with Crippen molar-refractivity contribution in [2.75, 3.05) is 12.0 Å². The molecule has 0 unspecified atom stereocenters. The molecular formula is C28H25FN2O3S. The van der Waals surface area contributed by atoms with Gasteiger partial charge in [-0.3, -0.25) is 14.5 Å². The van der Waals surface area contributed by atoms with Crippen molar-refractivity contribution in [1.82, 2.24) is 5.32 Å². The van der Waals surface area contributed by atoms with Crippen LogP contribution in [0.3, 0.4) is 0 Å².